The Hall–Kier alpha value is -1.55. The first-order chi connectivity index (χ1) is 9.61. The van der Waals surface area contributed by atoms with Crippen molar-refractivity contribution in [1.82, 2.24) is 4.90 Å². The number of benzene rings is 1. The van der Waals surface area contributed by atoms with Crippen molar-refractivity contribution in [2.24, 2.45) is 0 Å². The van der Waals surface area contributed by atoms with Crippen LogP contribution in [0.4, 0.5) is 11.4 Å². The van der Waals surface area contributed by atoms with Crippen molar-refractivity contribution in [1.29, 1.82) is 0 Å². The summed E-state index contributed by atoms with van der Waals surface area (Å²) in [6, 6.07) is 7.58. The summed E-state index contributed by atoms with van der Waals surface area (Å²) >= 11 is 0. The van der Waals surface area contributed by atoms with Crippen LogP contribution < -0.4 is 10.6 Å². The summed E-state index contributed by atoms with van der Waals surface area (Å²) in [7, 11) is 0. The first-order valence-electron chi connectivity index (χ1n) is 7.50. The number of carbonyl (C=O) groups is 1. The molecule has 0 bridgehead atoms. The number of amides is 1. The van der Waals surface area contributed by atoms with E-state index in [-0.39, 0.29) is 5.91 Å². The van der Waals surface area contributed by atoms with Gasteiger partial charge in [-0.3, -0.25) is 9.69 Å². The molecule has 1 atom stereocenters. The van der Waals surface area contributed by atoms with Crippen LogP contribution >= 0.6 is 0 Å². The van der Waals surface area contributed by atoms with Crippen molar-refractivity contribution < 1.29 is 4.79 Å². The van der Waals surface area contributed by atoms with Gasteiger partial charge in [-0.05, 0) is 43.9 Å². The second kappa shape index (κ2) is 5.44. The van der Waals surface area contributed by atoms with Crippen LogP contribution in [0.1, 0.15) is 31.7 Å². The van der Waals surface area contributed by atoms with Gasteiger partial charge in [0, 0.05) is 43.5 Å². The molecule has 2 fully saturated rings. The average Bonchev–Trinajstić information content (AvgIpc) is 3.14. The lowest BCUT2D eigenvalue weighted by molar-refractivity contribution is -0.114. The molecule has 1 aromatic rings. The Morgan fingerprint density at radius 1 is 1.30 bits per heavy atom. The fourth-order valence-corrected chi connectivity index (χ4v) is 2.95. The highest BCUT2D eigenvalue weighted by atomic mass is 16.1. The molecule has 20 heavy (non-hydrogen) atoms. The van der Waals surface area contributed by atoms with Crippen molar-refractivity contribution in [3.8, 4) is 0 Å². The van der Waals surface area contributed by atoms with Gasteiger partial charge in [-0.25, -0.2) is 0 Å². The summed E-state index contributed by atoms with van der Waals surface area (Å²) in [4.78, 5) is 13.8. The van der Waals surface area contributed by atoms with E-state index in [1.54, 1.807) is 6.92 Å². The predicted molar refractivity (Wildman–Crippen MR) is 82.1 cm³/mol. The van der Waals surface area contributed by atoms with Gasteiger partial charge in [0.25, 0.3) is 0 Å². The summed E-state index contributed by atoms with van der Waals surface area (Å²) in [5.74, 6) is -0.0222. The van der Waals surface area contributed by atoms with Crippen molar-refractivity contribution >= 4 is 17.3 Å². The minimum Gasteiger partial charge on any atom is -0.381 e. The normalized spacial score (nSPS) is 22.8. The van der Waals surface area contributed by atoms with Gasteiger partial charge in [0.2, 0.25) is 5.91 Å². The van der Waals surface area contributed by atoms with Gasteiger partial charge < -0.3 is 10.6 Å². The maximum atomic E-state index is 11.2. The summed E-state index contributed by atoms with van der Waals surface area (Å²) in [5.41, 5.74) is 3.10. The minimum absolute atomic E-state index is 0.0222. The van der Waals surface area contributed by atoms with E-state index >= 15 is 0 Å². The van der Waals surface area contributed by atoms with Crippen molar-refractivity contribution in [3.05, 3.63) is 23.8 Å². The number of carbonyl (C=O) groups excluding carboxylic acids is 1. The maximum absolute atomic E-state index is 11.2. The molecule has 1 aliphatic carbocycles. The number of nitrogens with one attached hydrogen (secondary N) is 2. The van der Waals surface area contributed by atoms with Gasteiger partial charge in [0.05, 0.1) is 0 Å². The fourth-order valence-electron chi connectivity index (χ4n) is 2.95. The molecule has 1 saturated carbocycles. The summed E-state index contributed by atoms with van der Waals surface area (Å²) in [6.07, 6.45) is 3.97. The van der Waals surface area contributed by atoms with Gasteiger partial charge >= 0.3 is 0 Å². The highest BCUT2D eigenvalue weighted by Crippen LogP contribution is 2.31. The molecule has 108 valence electrons. The largest absolute Gasteiger partial charge is 0.381 e. The third-order valence-electron chi connectivity index (χ3n) is 4.20. The molecule has 2 aliphatic rings. The molecule has 2 N–H and O–H groups in total. The van der Waals surface area contributed by atoms with E-state index in [4.69, 9.17) is 0 Å². The van der Waals surface area contributed by atoms with Crippen molar-refractivity contribution in [2.75, 3.05) is 23.7 Å². The van der Waals surface area contributed by atoms with E-state index in [1.165, 1.54) is 25.8 Å². The Balaban J connectivity index is 1.63. The second-order valence-electron chi connectivity index (χ2n) is 6.07. The molecule has 1 aliphatic heterocycles. The van der Waals surface area contributed by atoms with Crippen LogP contribution in [0.25, 0.3) is 0 Å². The van der Waals surface area contributed by atoms with E-state index in [2.05, 4.69) is 27.7 Å². The molecular weight excluding hydrogens is 250 g/mol. The fraction of sp³-hybridized carbons (Fsp3) is 0.562. The highest BCUT2D eigenvalue weighted by Gasteiger charge is 2.34. The van der Waals surface area contributed by atoms with Gasteiger partial charge in [-0.15, -0.1) is 0 Å². The number of hydrogen-bond donors (Lipinski definition) is 2. The standard InChI is InChI=1S/C16H23N3O/c1-11-3-4-13(9-16(11)17-12(2)20)18-14-7-8-19(10-14)15-5-6-15/h3-4,9,14-15,18H,5-8,10H2,1-2H3,(H,17,20). The van der Waals surface area contributed by atoms with Crippen LogP contribution in [0.3, 0.4) is 0 Å². The summed E-state index contributed by atoms with van der Waals surface area (Å²) in [5, 5.41) is 6.49. The molecule has 3 rings (SSSR count). The Morgan fingerprint density at radius 3 is 2.80 bits per heavy atom. The van der Waals surface area contributed by atoms with Crippen LogP contribution in [0.15, 0.2) is 18.2 Å². The maximum Gasteiger partial charge on any atom is 0.221 e. The molecule has 1 amide bonds. The average molecular weight is 273 g/mol. The summed E-state index contributed by atoms with van der Waals surface area (Å²) < 4.78 is 0. The Labute approximate surface area is 120 Å². The van der Waals surface area contributed by atoms with E-state index in [9.17, 15) is 4.79 Å². The lowest BCUT2D eigenvalue weighted by Gasteiger charge is -2.18. The van der Waals surface area contributed by atoms with Crippen LogP contribution in [0, 0.1) is 6.92 Å². The zero-order valence-corrected chi connectivity index (χ0v) is 12.3. The molecule has 1 heterocycles. The Kier molecular flexibility index (Phi) is 3.66. The third kappa shape index (κ3) is 3.12. The molecule has 1 unspecified atom stereocenters. The number of aryl methyl sites for hydroxylation is 1. The van der Waals surface area contributed by atoms with E-state index < -0.39 is 0 Å². The molecule has 4 nitrogen and oxygen atoms in total. The number of hydrogen-bond acceptors (Lipinski definition) is 3. The zero-order valence-electron chi connectivity index (χ0n) is 12.3. The van der Waals surface area contributed by atoms with E-state index in [1.807, 2.05) is 13.0 Å². The third-order valence-corrected chi connectivity index (χ3v) is 4.20. The van der Waals surface area contributed by atoms with Crippen LogP contribution in [0.2, 0.25) is 0 Å². The zero-order chi connectivity index (χ0) is 14.1. The van der Waals surface area contributed by atoms with Crippen LogP contribution in [-0.2, 0) is 4.79 Å². The van der Waals surface area contributed by atoms with Crippen LogP contribution in [0.5, 0.6) is 0 Å². The Bertz CT molecular complexity index is 510. The van der Waals surface area contributed by atoms with Crippen LogP contribution in [-0.4, -0.2) is 36.0 Å². The van der Waals surface area contributed by atoms with E-state index in [0.29, 0.717) is 6.04 Å². The van der Waals surface area contributed by atoms with Crippen molar-refractivity contribution in [2.45, 2.75) is 45.2 Å². The van der Waals surface area contributed by atoms with E-state index in [0.717, 1.165) is 29.5 Å². The Morgan fingerprint density at radius 2 is 2.10 bits per heavy atom. The number of rotatable bonds is 4. The van der Waals surface area contributed by atoms with Gasteiger partial charge in [0.15, 0.2) is 0 Å². The second-order valence-corrected chi connectivity index (χ2v) is 6.07. The molecule has 1 saturated heterocycles. The number of likely N-dealkylation sites (tertiary alicyclic amines) is 1. The van der Waals surface area contributed by atoms with Gasteiger partial charge in [0.1, 0.15) is 0 Å². The minimum atomic E-state index is -0.0222. The molecular formula is C16H23N3O. The van der Waals surface area contributed by atoms with Gasteiger partial charge in [-0.1, -0.05) is 6.07 Å². The first kappa shape index (κ1) is 13.4. The monoisotopic (exact) mass is 273 g/mol. The smallest absolute Gasteiger partial charge is 0.221 e. The summed E-state index contributed by atoms with van der Waals surface area (Å²) in [6.45, 7) is 5.92. The molecule has 0 spiro atoms. The lowest BCUT2D eigenvalue weighted by Crippen LogP contribution is -2.27. The molecule has 0 aromatic heterocycles. The molecule has 0 radical (unpaired) electrons. The number of nitrogens with zero attached hydrogens (tertiary/aromatic N) is 1. The molecule has 4 heteroatoms. The topological polar surface area (TPSA) is 44.4 Å². The van der Waals surface area contributed by atoms with Crippen molar-refractivity contribution in [3.63, 3.8) is 0 Å². The SMILES string of the molecule is CC(=O)Nc1cc(NC2CCN(C3CC3)C2)ccc1C. The quantitative estimate of drug-likeness (QED) is 0.886. The predicted octanol–water partition coefficient (Wildman–Crippen LogP) is 2.60. The lowest BCUT2D eigenvalue weighted by atomic mass is 10.1. The number of anilines is 2. The van der Waals surface area contributed by atoms with Gasteiger partial charge in [-0.2, -0.15) is 0 Å². The molecule has 1 aromatic carbocycles. The first-order valence-corrected chi connectivity index (χ1v) is 7.50. The highest BCUT2D eigenvalue weighted by molar-refractivity contribution is 5.90.